The molecule has 0 saturated carbocycles. The number of alkyl halides is 3. The number of aliphatic imine (C=N–C) groups is 1. The zero-order valence-corrected chi connectivity index (χ0v) is 11.8. The fraction of sp³-hybridized carbons (Fsp3) is 0.250. The fourth-order valence-corrected chi connectivity index (χ4v) is 1.53. The van der Waals surface area contributed by atoms with Gasteiger partial charge in [-0.3, -0.25) is 0 Å². The molecule has 0 unspecified atom stereocenters. The van der Waals surface area contributed by atoms with Gasteiger partial charge in [0.15, 0.2) is 0 Å². The standard InChI is InChI=1S/C12H10F3N3O2S/c1-7(21-2)16-11-18-17-10(19-11)8-3-5-9(6-4-8)20-12(13,14)15/h3-6H,1-2H3. The van der Waals surface area contributed by atoms with Gasteiger partial charge in [0.25, 0.3) is 0 Å². The van der Waals surface area contributed by atoms with Crippen LogP contribution < -0.4 is 4.74 Å². The van der Waals surface area contributed by atoms with Gasteiger partial charge in [0.1, 0.15) is 5.75 Å². The second kappa shape index (κ2) is 6.17. The quantitative estimate of drug-likeness (QED) is 0.631. The van der Waals surface area contributed by atoms with E-state index >= 15 is 0 Å². The second-order valence-electron chi connectivity index (χ2n) is 3.80. The molecule has 0 fully saturated rings. The summed E-state index contributed by atoms with van der Waals surface area (Å²) in [6.45, 7) is 1.79. The predicted molar refractivity (Wildman–Crippen MR) is 72.7 cm³/mol. The summed E-state index contributed by atoms with van der Waals surface area (Å²) in [5.41, 5.74) is 0.472. The first kappa shape index (κ1) is 15.4. The van der Waals surface area contributed by atoms with Crippen molar-refractivity contribution >= 4 is 22.8 Å². The van der Waals surface area contributed by atoms with Gasteiger partial charge >= 0.3 is 12.4 Å². The number of hydrogen-bond acceptors (Lipinski definition) is 6. The Kier molecular flexibility index (Phi) is 4.51. The second-order valence-corrected chi connectivity index (χ2v) is 4.80. The van der Waals surface area contributed by atoms with E-state index < -0.39 is 6.36 Å². The van der Waals surface area contributed by atoms with Crippen LogP contribution in [-0.2, 0) is 0 Å². The van der Waals surface area contributed by atoms with Gasteiger partial charge in [0.05, 0.1) is 5.04 Å². The van der Waals surface area contributed by atoms with E-state index in [4.69, 9.17) is 4.42 Å². The Bertz CT molecular complexity index is 638. The Morgan fingerprint density at radius 2 is 1.90 bits per heavy atom. The number of thioether (sulfide) groups is 1. The summed E-state index contributed by atoms with van der Waals surface area (Å²) in [7, 11) is 0. The Labute approximate surface area is 122 Å². The third kappa shape index (κ3) is 4.48. The SMILES string of the molecule is CSC(C)=Nc1nnc(-c2ccc(OC(F)(F)F)cc2)o1. The summed E-state index contributed by atoms with van der Waals surface area (Å²) in [6, 6.07) is 5.21. The van der Waals surface area contributed by atoms with Gasteiger partial charge in [0.2, 0.25) is 5.89 Å². The van der Waals surface area contributed by atoms with Crippen LogP contribution in [0.15, 0.2) is 33.7 Å². The maximum atomic E-state index is 12.0. The summed E-state index contributed by atoms with van der Waals surface area (Å²) >= 11 is 1.43. The van der Waals surface area contributed by atoms with Crippen LogP contribution in [0.3, 0.4) is 0 Å². The van der Waals surface area contributed by atoms with E-state index in [0.717, 1.165) is 5.04 Å². The lowest BCUT2D eigenvalue weighted by Gasteiger charge is -2.08. The highest BCUT2D eigenvalue weighted by molar-refractivity contribution is 8.13. The number of aromatic nitrogens is 2. The molecule has 0 aliphatic heterocycles. The number of rotatable bonds is 3. The van der Waals surface area contributed by atoms with E-state index in [2.05, 4.69) is 19.9 Å². The number of nitrogens with zero attached hydrogens (tertiary/aromatic N) is 3. The van der Waals surface area contributed by atoms with Crippen LogP contribution in [0.1, 0.15) is 6.92 Å². The number of ether oxygens (including phenoxy) is 1. The van der Waals surface area contributed by atoms with Crippen LogP contribution in [0.2, 0.25) is 0 Å². The molecule has 0 atom stereocenters. The minimum absolute atomic E-state index is 0.0902. The van der Waals surface area contributed by atoms with Crippen LogP contribution in [0.5, 0.6) is 5.75 Å². The first-order valence-corrected chi connectivity index (χ1v) is 6.89. The van der Waals surface area contributed by atoms with Crippen molar-refractivity contribution in [1.29, 1.82) is 0 Å². The van der Waals surface area contributed by atoms with E-state index in [1.807, 2.05) is 6.26 Å². The van der Waals surface area contributed by atoms with Crippen LogP contribution in [-0.4, -0.2) is 27.9 Å². The van der Waals surface area contributed by atoms with Gasteiger partial charge in [-0.1, -0.05) is 5.10 Å². The molecular formula is C12H10F3N3O2S. The summed E-state index contributed by atoms with van der Waals surface area (Å²) < 4.78 is 45.2. The summed E-state index contributed by atoms with van der Waals surface area (Å²) in [5, 5.41) is 8.26. The molecule has 21 heavy (non-hydrogen) atoms. The van der Waals surface area contributed by atoms with Gasteiger partial charge in [-0.25, -0.2) is 0 Å². The fourth-order valence-electron chi connectivity index (χ4n) is 1.36. The van der Waals surface area contributed by atoms with E-state index in [9.17, 15) is 13.2 Å². The van der Waals surface area contributed by atoms with Crippen LogP contribution in [0.25, 0.3) is 11.5 Å². The smallest absolute Gasteiger partial charge is 0.406 e. The zero-order valence-electron chi connectivity index (χ0n) is 11.0. The van der Waals surface area contributed by atoms with Crippen molar-refractivity contribution < 1.29 is 22.3 Å². The van der Waals surface area contributed by atoms with Crippen molar-refractivity contribution in [1.82, 2.24) is 10.2 Å². The molecule has 0 amide bonds. The third-order valence-corrected chi connectivity index (χ3v) is 2.98. The van der Waals surface area contributed by atoms with Gasteiger partial charge in [-0.2, -0.15) is 4.99 Å². The highest BCUT2D eigenvalue weighted by Crippen LogP contribution is 2.27. The Morgan fingerprint density at radius 3 is 2.48 bits per heavy atom. The zero-order chi connectivity index (χ0) is 15.5. The molecule has 2 rings (SSSR count). The van der Waals surface area contributed by atoms with Crippen LogP contribution in [0.4, 0.5) is 19.2 Å². The van der Waals surface area contributed by atoms with Crippen molar-refractivity contribution in [3.8, 4) is 17.2 Å². The number of hydrogen-bond donors (Lipinski definition) is 0. The lowest BCUT2D eigenvalue weighted by molar-refractivity contribution is -0.274. The van der Waals surface area contributed by atoms with E-state index in [1.54, 1.807) is 6.92 Å². The predicted octanol–water partition coefficient (Wildman–Crippen LogP) is 4.05. The first-order chi connectivity index (χ1) is 9.87. The molecule has 0 N–H and O–H groups in total. The Hall–Kier alpha value is -2.03. The van der Waals surface area contributed by atoms with Crippen molar-refractivity contribution in [3.63, 3.8) is 0 Å². The topological polar surface area (TPSA) is 60.5 Å². The van der Waals surface area contributed by atoms with Gasteiger partial charge in [-0.05, 0) is 37.4 Å². The summed E-state index contributed by atoms with van der Waals surface area (Å²) in [6.07, 6.45) is -2.86. The number of benzene rings is 1. The van der Waals surface area contributed by atoms with E-state index in [1.165, 1.54) is 36.0 Å². The highest BCUT2D eigenvalue weighted by atomic mass is 32.2. The van der Waals surface area contributed by atoms with Crippen molar-refractivity contribution in [2.75, 3.05) is 6.26 Å². The number of halogens is 3. The monoisotopic (exact) mass is 317 g/mol. The third-order valence-electron chi connectivity index (χ3n) is 2.30. The summed E-state index contributed by atoms with van der Waals surface area (Å²) in [5.74, 6) is -0.150. The lowest BCUT2D eigenvalue weighted by atomic mass is 10.2. The Balaban J connectivity index is 2.16. The minimum atomic E-state index is -4.72. The molecule has 2 aromatic rings. The normalized spacial score (nSPS) is 12.5. The molecule has 0 saturated heterocycles. The first-order valence-electron chi connectivity index (χ1n) is 5.66. The maximum absolute atomic E-state index is 12.0. The van der Waals surface area contributed by atoms with Crippen molar-refractivity contribution in [2.45, 2.75) is 13.3 Å². The Morgan fingerprint density at radius 1 is 1.24 bits per heavy atom. The van der Waals surface area contributed by atoms with E-state index in [-0.39, 0.29) is 17.7 Å². The summed E-state index contributed by atoms with van der Waals surface area (Å²) in [4.78, 5) is 4.06. The molecule has 112 valence electrons. The van der Waals surface area contributed by atoms with Crippen molar-refractivity contribution in [3.05, 3.63) is 24.3 Å². The molecule has 1 heterocycles. The molecule has 0 aliphatic rings. The largest absolute Gasteiger partial charge is 0.573 e. The molecule has 9 heteroatoms. The lowest BCUT2D eigenvalue weighted by Crippen LogP contribution is -2.16. The molecule has 5 nitrogen and oxygen atoms in total. The molecule has 1 aromatic heterocycles. The molecule has 1 aromatic carbocycles. The molecule has 0 bridgehead atoms. The molecular weight excluding hydrogens is 307 g/mol. The van der Waals surface area contributed by atoms with Crippen LogP contribution >= 0.6 is 11.8 Å². The maximum Gasteiger partial charge on any atom is 0.573 e. The molecule has 0 spiro atoms. The van der Waals surface area contributed by atoms with E-state index in [0.29, 0.717) is 5.56 Å². The van der Waals surface area contributed by atoms with Crippen LogP contribution in [0, 0.1) is 0 Å². The molecule has 0 aliphatic carbocycles. The van der Waals surface area contributed by atoms with Crippen molar-refractivity contribution in [2.24, 2.45) is 4.99 Å². The average Bonchev–Trinajstić information content (AvgIpc) is 2.86. The minimum Gasteiger partial charge on any atom is -0.406 e. The van der Waals surface area contributed by atoms with Gasteiger partial charge in [0, 0.05) is 5.56 Å². The van der Waals surface area contributed by atoms with Gasteiger partial charge in [-0.15, -0.1) is 30.0 Å². The molecule has 0 radical (unpaired) electrons. The average molecular weight is 317 g/mol. The highest BCUT2D eigenvalue weighted by Gasteiger charge is 2.31. The van der Waals surface area contributed by atoms with Gasteiger partial charge < -0.3 is 9.15 Å².